The lowest BCUT2D eigenvalue weighted by molar-refractivity contribution is -0.147. The van der Waals surface area contributed by atoms with E-state index in [4.69, 9.17) is 5.11 Å². The lowest BCUT2D eigenvalue weighted by Crippen LogP contribution is -2.56. The molecule has 100 valence electrons. The maximum atomic E-state index is 11.8. The molecule has 0 saturated carbocycles. The summed E-state index contributed by atoms with van der Waals surface area (Å²) in [5, 5.41) is 11.6. The van der Waals surface area contributed by atoms with Crippen molar-refractivity contribution in [2.24, 2.45) is 0 Å². The van der Waals surface area contributed by atoms with Gasteiger partial charge in [-0.2, -0.15) is 0 Å². The van der Waals surface area contributed by atoms with Crippen LogP contribution < -0.4 is 5.32 Å². The van der Waals surface area contributed by atoms with E-state index in [1.165, 1.54) is 18.7 Å². The van der Waals surface area contributed by atoms with Gasteiger partial charge in [0.05, 0.1) is 0 Å². The molecule has 7 heteroatoms. The molecule has 0 heterocycles. The molecule has 0 aliphatic rings. The van der Waals surface area contributed by atoms with Crippen molar-refractivity contribution in [1.82, 2.24) is 10.2 Å². The van der Waals surface area contributed by atoms with E-state index in [-0.39, 0.29) is 6.54 Å². The van der Waals surface area contributed by atoms with Crippen molar-refractivity contribution in [3.63, 3.8) is 0 Å². The molecule has 0 rings (SSSR count). The van der Waals surface area contributed by atoms with Gasteiger partial charge in [0.25, 0.3) is 0 Å². The van der Waals surface area contributed by atoms with Gasteiger partial charge in [0.15, 0.2) is 0 Å². The number of carboxylic acid groups (broad SMARTS) is 1. The first-order chi connectivity index (χ1) is 7.73. The Morgan fingerprint density at radius 1 is 1.41 bits per heavy atom. The molecule has 0 aromatic heterocycles. The van der Waals surface area contributed by atoms with Crippen LogP contribution in [-0.2, 0) is 15.6 Å². The Bertz CT molecular complexity index is 317. The molecular weight excluding hydrogens is 244 g/mol. The van der Waals surface area contributed by atoms with Crippen molar-refractivity contribution in [2.75, 3.05) is 25.1 Å². The molecule has 0 aliphatic heterocycles. The Morgan fingerprint density at radius 2 is 1.94 bits per heavy atom. The number of nitrogens with zero attached hydrogens (tertiary/aromatic N) is 1. The number of hydrogen-bond donors (Lipinski definition) is 2. The van der Waals surface area contributed by atoms with Crippen LogP contribution in [0.3, 0.4) is 0 Å². The highest BCUT2D eigenvalue weighted by molar-refractivity contribution is 7.84. The summed E-state index contributed by atoms with van der Waals surface area (Å²) in [7, 11) is -0.977. The van der Waals surface area contributed by atoms with Crippen LogP contribution in [0, 0.1) is 0 Å². The number of carbonyl (C=O) groups excluding carboxylic acids is 1. The summed E-state index contributed by atoms with van der Waals surface area (Å²) in [5.41, 5.74) is -1.26. The Morgan fingerprint density at radius 3 is 2.29 bits per heavy atom. The van der Waals surface area contributed by atoms with E-state index >= 15 is 0 Å². The number of nitrogens with one attached hydrogen (secondary N) is 1. The highest BCUT2D eigenvalue weighted by Gasteiger charge is 2.36. The second kappa shape index (κ2) is 6.58. The second-order valence-electron chi connectivity index (χ2n) is 4.12. The van der Waals surface area contributed by atoms with Crippen LogP contribution >= 0.6 is 0 Å². The van der Waals surface area contributed by atoms with Crippen LogP contribution in [0.25, 0.3) is 0 Å². The van der Waals surface area contributed by atoms with Gasteiger partial charge >= 0.3 is 12.0 Å². The number of carbonyl (C=O) groups is 2. The lowest BCUT2D eigenvalue weighted by Gasteiger charge is -2.34. The van der Waals surface area contributed by atoms with Gasteiger partial charge in [0.2, 0.25) is 0 Å². The predicted octanol–water partition coefficient (Wildman–Crippen LogP) is 0.260. The summed E-state index contributed by atoms with van der Waals surface area (Å²) in [4.78, 5) is 24.0. The van der Waals surface area contributed by atoms with Crippen LogP contribution in [-0.4, -0.2) is 56.9 Å². The molecule has 0 aliphatic carbocycles. The topological polar surface area (TPSA) is 86.7 Å². The van der Waals surface area contributed by atoms with Crippen LogP contribution in [0.4, 0.5) is 4.79 Å². The maximum Gasteiger partial charge on any atom is 0.329 e. The molecule has 17 heavy (non-hydrogen) atoms. The van der Waals surface area contributed by atoms with Gasteiger partial charge < -0.3 is 15.3 Å². The van der Waals surface area contributed by atoms with Crippen LogP contribution in [0.1, 0.15) is 20.8 Å². The average Bonchev–Trinajstić information content (AvgIpc) is 2.17. The van der Waals surface area contributed by atoms with E-state index in [1.54, 1.807) is 13.2 Å². The van der Waals surface area contributed by atoms with Crippen molar-refractivity contribution in [3.05, 3.63) is 0 Å². The normalized spacial score (nSPS) is 12.9. The standard InChI is InChI=1S/C10H20N2O4S/c1-5-12(10(2,3)8(13)14)9(15)11-6-7-17(4)16/h5-7H2,1-4H3,(H,11,15)(H,13,14). The van der Waals surface area contributed by atoms with Gasteiger partial charge in [-0.1, -0.05) is 0 Å². The quantitative estimate of drug-likeness (QED) is 0.720. The molecule has 1 unspecified atom stereocenters. The molecule has 0 fully saturated rings. The summed E-state index contributed by atoms with van der Waals surface area (Å²) in [6.45, 7) is 5.21. The predicted molar refractivity (Wildman–Crippen MR) is 66.4 cm³/mol. The third kappa shape index (κ3) is 4.72. The van der Waals surface area contributed by atoms with E-state index in [9.17, 15) is 13.8 Å². The summed E-state index contributed by atoms with van der Waals surface area (Å²) >= 11 is 0. The van der Waals surface area contributed by atoms with Crippen LogP contribution in [0.2, 0.25) is 0 Å². The highest BCUT2D eigenvalue weighted by atomic mass is 32.2. The van der Waals surface area contributed by atoms with Crippen molar-refractivity contribution in [2.45, 2.75) is 26.3 Å². The molecule has 0 aromatic rings. The first kappa shape index (κ1) is 15.9. The number of carboxylic acids is 1. The summed E-state index contributed by atoms with van der Waals surface area (Å²) in [6.07, 6.45) is 1.55. The minimum Gasteiger partial charge on any atom is -0.480 e. The van der Waals surface area contributed by atoms with Gasteiger partial charge in [-0.15, -0.1) is 0 Å². The second-order valence-corrected chi connectivity index (χ2v) is 5.67. The number of rotatable bonds is 6. The molecule has 1 atom stereocenters. The van der Waals surface area contributed by atoms with E-state index in [1.807, 2.05) is 0 Å². The maximum absolute atomic E-state index is 11.8. The van der Waals surface area contributed by atoms with Crippen LogP contribution in [0.5, 0.6) is 0 Å². The van der Waals surface area contributed by atoms with E-state index in [2.05, 4.69) is 5.32 Å². The zero-order valence-electron chi connectivity index (χ0n) is 10.6. The highest BCUT2D eigenvalue weighted by Crippen LogP contribution is 2.14. The summed E-state index contributed by atoms with van der Waals surface area (Å²) < 4.78 is 10.8. The van der Waals surface area contributed by atoms with Crippen molar-refractivity contribution in [1.29, 1.82) is 0 Å². The number of likely N-dealkylation sites (N-methyl/N-ethyl adjacent to an activating group) is 1. The Balaban J connectivity index is 4.51. The largest absolute Gasteiger partial charge is 0.480 e. The monoisotopic (exact) mass is 264 g/mol. The fourth-order valence-electron chi connectivity index (χ4n) is 1.31. The van der Waals surface area contributed by atoms with Crippen LogP contribution in [0.15, 0.2) is 0 Å². The average molecular weight is 264 g/mol. The smallest absolute Gasteiger partial charge is 0.329 e. The van der Waals surface area contributed by atoms with E-state index in [0.29, 0.717) is 12.3 Å². The Hall–Kier alpha value is -1.11. The van der Waals surface area contributed by atoms with Gasteiger partial charge in [0.1, 0.15) is 5.54 Å². The number of urea groups is 1. The minimum atomic E-state index is -1.26. The van der Waals surface area contributed by atoms with E-state index in [0.717, 1.165) is 0 Å². The molecule has 6 nitrogen and oxygen atoms in total. The zero-order valence-corrected chi connectivity index (χ0v) is 11.5. The Labute approximate surface area is 104 Å². The van der Waals surface area contributed by atoms with Crippen molar-refractivity contribution < 1.29 is 18.9 Å². The molecule has 2 N–H and O–H groups in total. The molecule has 2 amide bonds. The molecule has 0 saturated heterocycles. The zero-order chi connectivity index (χ0) is 13.6. The van der Waals surface area contributed by atoms with Crippen molar-refractivity contribution in [3.8, 4) is 0 Å². The molecular formula is C10H20N2O4S. The van der Waals surface area contributed by atoms with Gasteiger partial charge in [-0.05, 0) is 20.8 Å². The molecule has 0 spiro atoms. The molecule has 0 radical (unpaired) electrons. The minimum absolute atomic E-state index is 0.272. The number of amides is 2. The van der Waals surface area contributed by atoms with Gasteiger partial charge in [-0.25, -0.2) is 9.59 Å². The third-order valence-corrected chi connectivity index (χ3v) is 3.20. The number of aliphatic carboxylic acids is 1. The molecule has 0 bridgehead atoms. The SMILES string of the molecule is CCN(C(=O)NCCS(C)=O)C(C)(C)C(=O)O. The summed E-state index contributed by atoms with van der Waals surface area (Å²) in [5.74, 6) is -0.704. The third-order valence-electron chi connectivity index (χ3n) is 2.43. The fourth-order valence-corrected chi connectivity index (χ4v) is 1.69. The first-order valence-corrected chi connectivity index (χ1v) is 7.05. The number of hydrogen-bond acceptors (Lipinski definition) is 3. The first-order valence-electron chi connectivity index (χ1n) is 5.32. The van der Waals surface area contributed by atoms with Crippen molar-refractivity contribution >= 4 is 22.8 Å². The summed E-state index contributed by atoms with van der Waals surface area (Å²) in [6, 6.07) is -0.453. The Kier molecular flexibility index (Phi) is 6.15. The van der Waals surface area contributed by atoms with E-state index < -0.39 is 28.3 Å². The molecule has 0 aromatic carbocycles. The van der Waals surface area contributed by atoms with Gasteiger partial charge in [-0.3, -0.25) is 4.21 Å². The lowest BCUT2D eigenvalue weighted by atomic mass is 10.0. The fraction of sp³-hybridized carbons (Fsp3) is 0.800. The van der Waals surface area contributed by atoms with Gasteiger partial charge in [0, 0.05) is 35.9 Å².